The Morgan fingerprint density at radius 3 is 2.63 bits per heavy atom. The van der Waals surface area contributed by atoms with E-state index in [4.69, 9.17) is 11.6 Å². The number of rotatable bonds is 3. The van der Waals surface area contributed by atoms with Crippen LogP contribution < -0.4 is 0 Å². The second kappa shape index (κ2) is 5.54. The molecule has 0 aliphatic carbocycles. The van der Waals surface area contributed by atoms with E-state index in [0.29, 0.717) is 10.6 Å². The van der Waals surface area contributed by atoms with Crippen LogP contribution in [-0.4, -0.2) is 9.78 Å². The highest BCUT2D eigenvalue weighted by molar-refractivity contribution is 9.08. The lowest BCUT2D eigenvalue weighted by Crippen LogP contribution is -2.17. The fraction of sp³-hybridized carbons (Fsp3) is 0.250. The van der Waals surface area contributed by atoms with E-state index >= 15 is 0 Å². The Labute approximate surface area is 121 Å². The highest BCUT2D eigenvalue weighted by Gasteiger charge is 2.37. The van der Waals surface area contributed by atoms with E-state index in [-0.39, 0.29) is 17.4 Å². The second-order valence-corrected chi connectivity index (χ2v) is 4.93. The van der Waals surface area contributed by atoms with Crippen molar-refractivity contribution in [3.05, 3.63) is 52.3 Å². The second-order valence-electron chi connectivity index (χ2n) is 3.94. The summed E-state index contributed by atoms with van der Waals surface area (Å²) in [6.45, 7) is 0.0302. The maximum Gasteiger partial charge on any atom is 0.433 e. The number of halogens is 5. The molecule has 0 fully saturated rings. The summed E-state index contributed by atoms with van der Waals surface area (Å²) in [7, 11) is 0. The first-order valence-corrected chi connectivity index (χ1v) is 6.84. The largest absolute Gasteiger partial charge is 0.433 e. The van der Waals surface area contributed by atoms with Crippen molar-refractivity contribution >= 4 is 27.5 Å². The van der Waals surface area contributed by atoms with E-state index in [1.54, 1.807) is 24.3 Å². The van der Waals surface area contributed by atoms with Gasteiger partial charge < -0.3 is 0 Å². The van der Waals surface area contributed by atoms with Crippen molar-refractivity contribution in [2.75, 3.05) is 0 Å². The molecule has 1 aromatic carbocycles. The zero-order chi connectivity index (χ0) is 14.0. The van der Waals surface area contributed by atoms with Gasteiger partial charge in [0.15, 0.2) is 0 Å². The molecule has 2 rings (SSSR count). The molecule has 2 aromatic rings. The van der Waals surface area contributed by atoms with E-state index in [1.165, 1.54) is 6.20 Å². The van der Waals surface area contributed by atoms with Crippen molar-refractivity contribution in [3.8, 4) is 0 Å². The van der Waals surface area contributed by atoms with Crippen molar-refractivity contribution in [1.82, 2.24) is 9.78 Å². The standard InChI is InChI=1S/C12H9BrClF3N2/c13-5-9-6-18-19(11(9)12(15,16)17)7-8-2-1-3-10(14)4-8/h1-4,6H,5,7H2. The molecule has 0 aliphatic heterocycles. The van der Waals surface area contributed by atoms with Crippen LogP contribution in [0.1, 0.15) is 16.8 Å². The van der Waals surface area contributed by atoms with Gasteiger partial charge in [0.1, 0.15) is 5.69 Å². The Bertz CT molecular complexity index is 581. The third kappa shape index (κ3) is 3.30. The zero-order valence-corrected chi connectivity index (χ0v) is 11.9. The molecule has 0 radical (unpaired) electrons. The SMILES string of the molecule is FC(F)(F)c1c(CBr)cnn1Cc1cccc(Cl)c1. The summed E-state index contributed by atoms with van der Waals surface area (Å²) in [6, 6.07) is 6.70. The quantitative estimate of drug-likeness (QED) is 0.743. The van der Waals surface area contributed by atoms with Crippen LogP contribution in [0.25, 0.3) is 0 Å². The summed E-state index contributed by atoms with van der Waals surface area (Å²) in [5, 5.41) is 4.40. The fourth-order valence-electron chi connectivity index (χ4n) is 1.78. The van der Waals surface area contributed by atoms with Gasteiger partial charge in [-0.3, -0.25) is 4.68 Å². The smallest absolute Gasteiger partial charge is 0.256 e. The first kappa shape index (κ1) is 14.4. The Morgan fingerprint density at radius 2 is 2.05 bits per heavy atom. The minimum Gasteiger partial charge on any atom is -0.256 e. The van der Waals surface area contributed by atoms with Gasteiger partial charge in [-0.1, -0.05) is 39.7 Å². The molecule has 7 heteroatoms. The average molecular weight is 354 g/mol. The van der Waals surface area contributed by atoms with Crippen molar-refractivity contribution in [2.24, 2.45) is 0 Å². The molecule has 19 heavy (non-hydrogen) atoms. The molecule has 1 heterocycles. The lowest BCUT2D eigenvalue weighted by atomic mass is 10.2. The fourth-order valence-corrected chi connectivity index (χ4v) is 2.40. The van der Waals surface area contributed by atoms with Gasteiger partial charge in [-0.2, -0.15) is 18.3 Å². The number of aromatic nitrogens is 2. The van der Waals surface area contributed by atoms with Crippen LogP contribution in [0.2, 0.25) is 5.02 Å². The Hall–Kier alpha value is -1.01. The molecule has 102 valence electrons. The Morgan fingerprint density at radius 1 is 1.32 bits per heavy atom. The molecular formula is C12H9BrClF3N2. The molecule has 1 aromatic heterocycles. The molecule has 0 saturated heterocycles. The number of alkyl halides is 4. The van der Waals surface area contributed by atoms with E-state index in [1.807, 2.05) is 0 Å². The van der Waals surface area contributed by atoms with Gasteiger partial charge in [-0.05, 0) is 17.7 Å². The lowest BCUT2D eigenvalue weighted by Gasteiger charge is -2.12. The van der Waals surface area contributed by atoms with Crippen molar-refractivity contribution < 1.29 is 13.2 Å². The average Bonchev–Trinajstić information content (AvgIpc) is 2.71. The maximum absolute atomic E-state index is 13.0. The van der Waals surface area contributed by atoms with Crippen molar-refractivity contribution in [1.29, 1.82) is 0 Å². The van der Waals surface area contributed by atoms with Crippen LogP contribution in [0.15, 0.2) is 30.5 Å². The molecule has 0 saturated carbocycles. The minimum atomic E-state index is -4.43. The van der Waals surface area contributed by atoms with Crippen LogP contribution in [0.3, 0.4) is 0 Å². The Kier molecular flexibility index (Phi) is 4.20. The molecular weight excluding hydrogens is 344 g/mol. The highest BCUT2D eigenvalue weighted by atomic mass is 79.9. The van der Waals surface area contributed by atoms with E-state index < -0.39 is 11.9 Å². The van der Waals surface area contributed by atoms with Crippen LogP contribution in [0.4, 0.5) is 13.2 Å². The van der Waals surface area contributed by atoms with E-state index in [9.17, 15) is 13.2 Å². The highest BCUT2D eigenvalue weighted by Crippen LogP contribution is 2.33. The molecule has 0 N–H and O–H groups in total. The Balaban J connectivity index is 2.38. The summed E-state index contributed by atoms with van der Waals surface area (Å²) >= 11 is 8.85. The maximum atomic E-state index is 13.0. The van der Waals surface area contributed by atoms with Gasteiger partial charge in [0.2, 0.25) is 0 Å². The van der Waals surface area contributed by atoms with Crippen molar-refractivity contribution in [2.45, 2.75) is 18.1 Å². The molecule has 0 bridgehead atoms. The van der Waals surface area contributed by atoms with Crippen LogP contribution in [0, 0.1) is 0 Å². The molecule has 0 unspecified atom stereocenters. The summed E-state index contributed by atoms with van der Waals surface area (Å²) < 4.78 is 40.0. The molecule has 0 aliphatic rings. The number of benzene rings is 1. The first-order valence-electron chi connectivity index (χ1n) is 5.34. The van der Waals surface area contributed by atoms with Gasteiger partial charge >= 0.3 is 6.18 Å². The van der Waals surface area contributed by atoms with E-state index in [0.717, 1.165) is 4.68 Å². The summed E-state index contributed by atoms with van der Waals surface area (Å²) in [5.74, 6) is 0. The van der Waals surface area contributed by atoms with Gasteiger partial charge in [-0.25, -0.2) is 0 Å². The summed E-state index contributed by atoms with van der Waals surface area (Å²) in [4.78, 5) is 0. The number of nitrogens with zero attached hydrogens (tertiary/aromatic N) is 2. The predicted octanol–water partition coefficient (Wildman–Crippen LogP) is 4.50. The van der Waals surface area contributed by atoms with Crippen molar-refractivity contribution in [3.63, 3.8) is 0 Å². The molecule has 2 nitrogen and oxygen atoms in total. The molecule has 0 spiro atoms. The van der Waals surface area contributed by atoms with E-state index in [2.05, 4.69) is 21.0 Å². The lowest BCUT2D eigenvalue weighted by molar-refractivity contribution is -0.144. The molecule has 0 atom stereocenters. The van der Waals surface area contributed by atoms with Crippen LogP contribution in [0.5, 0.6) is 0 Å². The zero-order valence-electron chi connectivity index (χ0n) is 9.59. The van der Waals surface area contributed by atoms with Gasteiger partial charge in [0.05, 0.1) is 12.7 Å². The van der Waals surface area contributed by atoms with Crippen LogP contribution in [-0.2, 0) is 18.1 Å². The number of hydrogen-bond donors (Lipinski definition) is 0. The minimum absolute atomic E-state index is 0.0302. The first-order chi connectivity index (χ1) is 8.91. The monoisotopic (exact) mass is 352 g/mol. The third-order valence-corrected chi connectivity index (χ3v) is 3.39. The van der Waals surface area contributed by atoms with Gasteiger partial charge in [0.25, 0.3) is 0 Å². The normalized spacial score (nSPS) is 11.8. The topological polar surface area (TPSA) is 17.8 Å². The van der Waals surface area contributed by atoms with Crippen LogP contribution >= 0.6 is 27.5 Å². The summed E-state index contributed by atoms with van der Waals surface area (Å²) in [6.07, 6.45) is -3.21. The number of hydrogen-bond acceptors (Lipinski definition) is 1. The third-order valence-electron chi connectivity index (χ3n) is 2.55. The molecule has 0 amide bonds. The summed E-state index contributed by atoms with van der Waals surface area (Å²) in [5.41, 5.74) is 0.0566. The van der Waals surface area contributed by atoms with Gasteiger partial charge in [0, 0.05) is 15.9 Å². The predicted molar refractivity (Wildman–Crippen MR) is 70.4 cm³/mol. The van der Waals surface area contributed by atoms with Gasteiger partial charge in [-0.15, -0.1) is 0 Å².